The van der Waals surface area contributed by atoms with E-state index in [1.807, 2.05) is 0 Å². The molecule has 0 spiro atoms. The number of fused-ring (bicyclic) bond motifs is 1. The predicted molar refractivity (Wildman–Crippen MR) is 66.1 cm³/mol. The van der Waals surface area contributed by atoms with Gasteiger partial charge < -0.3 is 5.32 Å². The van der Waals surface area contributed by atoms with Gasteiger partial charge in [-0.15, -0.1) is 0 Å². The number of amides is 1. The second-order valence-corrected chi connectivity index (χ2v) is 7.29. The van der Waals surface area contributed by atoms with Crippen LogP contribution in [-0.2, 0) is 19.3 Å². The molecule has 7 heteroatoms. The van der Waals surface area contributed by atoms with Crippen LogP contribution in [0.25, 0.3) is 0 Å². The summed E-state index contributed by atoms with van der Waals surface area (Å²) in [6.07, 6.45) is 0. The van der Waals surface area contributed by atoms with Crippen LogP contribution < -0.4 is 5.32 Å². The summed E-state index contributed by atoms with van der Waals surface area (Å²) in [6, 6.07) is 2.75. The molecule has 0 bridgehead atoms. The highest BCUT2D eigenvalue weighted by atomic mass is 35.7. The second-order valence-electron chi connectivity index (χ2n) is 4.35. The van der Waals surface area contributed by atoms with Crippen LogP contribution in [0.5, 0.6) is 0 Å². The minimum Gasteiger partial charge on any atom is -0.325 e. The van der Waals surface area contributed by atoms with E-state index in [1.54, 1.807) is 13.8 Å². The first kappa shape index (κ1) is 12.7. The fourth-order valence-electron chi connectivity index (χ4n) is 1.76. The highest BCUT2D eigenvalue weighted by Gasteiger charge is 2.39. The molecule has 0 fully saturated rings. The molecule has 0 aliphatic carbocycles. The van der Waals surface area contributed by atoms with Crippen molar-refractivity contribution in [3.63, 3.8) is 0 Å². The average molecular weight is 294 g/mol. The highest BCUT2D eigenvalue weighted by molar-refractivity contribution is 8.13. The molecule has 0 saturated heterocycles. The number of hydrogen-bond acceptors (Lipinski definition) is 3. The van der Waals surface area contributed by atoms with Crippen molar-refractivity contribution < 1.29 is 13.2 Å². The molecule has 0 unspecified atom stereocenters. The summed E-state index contributed by atoms with van der Waals surface area (Å²) in [5, 5.41) is 2.64. The van der Waals surface area contributed by atoms with E-state index in [2.05, 4.69) is 5.32 Å². The number of nitrogens with one attached hydrogen (secondary N) is 1. The van der Waals surface area contributed by atoms with Crippen LogP contribution in [0, 0.1) is 0 Å². The van der Waals surface area contributed by atoms with Gasteiger partial charge in [0.25, 0.3) is 9.05 Å². The first-order chi connectivity index (χ1) is 7.64. The Bertz CT molecular complexity index is 623. The smallest absolute Gasteiger partial charge is 0.262 e. The number of carbonyl (C=O) groups is 1. The van der Waals surface area contributed by atoms with Crippen LogP contribution in [0.2, 0.25) is 5.02 Å². The van der Waals surface area contributed by atoms with Crippen molar-refractivity contribution in [2.24, 2.45) is 0 Å². The number of anilines is 1. The fraction of sp³-hybridized carbons (Fsp3) is 0.300. The average Bonchev–Trinajstić information content (AvgIpc) is 2.34. The zero-order valence-corrected chi connectivity index (χ0v) is 11.4. The van der Waals surface area contributed by atoms with Gasteiger partial charge in [-0.2, -0.15) is 0 Å². The highest BCUT2D eigenvalue weighted by Crippen LogP contribution is 2.41. The Morgan fingerprint density at radius 2 is 1.88 bits per heavy atom. The number of halogens is 2. The number of hydrogen-bond donors (Lipinski definition) is 1. The van der Waals surface area contributed by atoms with Gasteiger partial charge in [-0.1, -0.05) is 11.6 Å². The predicted octanol–water partition coefficient (Wildman–Crippen LogP) is 2.50. The SMILES string of the molecule is CC1(C)C(=O)Nc2cc(Cl)c(S(=O)(=O)Cl)cc21. The Morgan fingerprint density at radius 3 is 2.41 bits per heavy atom. The van der Waals surface area contributed by atoms with E-state index in [-0.39, 0.29) is 15.8 Å². The van der Waals surface area contributed by atoms with Gasteiger partial charge in [-0.3, -0.25) is 4.79 Å². The van der Waals surface area contributed by atoms with E-state index < -0.39 is 14.5 Å². The van der Waals surface area contributed by atoms with Crippen LogP contribution in [0.1, 0.15) is 19.4 Å². The van der Waals surface area contributed by atoms with Gasteiger partial charge in [-0.25, -0.2) is 8.42 Å². The maximum atomic E-state index is 11.7. The maximum Gasteiger partial charge on any atom is 0.262 e. The van der Waals surface area contributed by atoms with Crippen LogP contribution in [0.3, 0.4) is 0 Å². The van der Waals surface area contributed by atoms with E-state index in [1.165, 1.54) is 12.1 Å². The Morgan fingerprint density at radius 1 is 1.29 bits per heavy atom. The van der Waals surface area contributed by atoms with Gasteiger partial charge >= 0.3 is 0 Å². The zero-order chi connectivity index (χ0) is 13.0. The molecule has 2 rings (SSSR count). The lowest BCUT2D eigenvalue weighted by molar-refractivity contribution is -0.119. The third kappa shape index (κ3) is 1.92. The van der Waals surface area contributed by atoms with Crippen LogP contribution in [-0.4, -0.2) is 14.3 Å². The molecule has 0 aromatic heterocycles. The molecule has 4 nitrogen and oxygen atoms in total. The molecule has 1 N–H and O–H groups in total. The summed E-state index contributed by atoms with van der Waals surface area (Å²) < 4.78 is 22.6. The molecule has 1 aliphatic heterocycles. The molecule has 92 valence electrons. The Labute approximate surface area is 108 Å². The third-order valence-corrected chi connectivity index (χ3v) is 4.61. The lowest BCUT2D eigenvalue weighted by Gasteiger charge is -2.15. The fourth-order valence-corrected chi connectivity index (χ4v) is 3.28. The summed E-state index contributed by atoms with van der Waals surface area (Å²) in [5.74, 6) is -0.201. The largest absolute Gasteiger partial charge is 0.325 e. The van der Waals surface area contributed by atoms with Crippen molar-refractivity contribution in [3.05, 3.63) is 22.7 Å². The summed E-state index contributed by atoms with van der Waals surface area (Å²) in [5.41, 5.74) is 0.302. The molecule has 0 saturated carbocycles. The molecular formula is C10H9Cl2NO3S. The Kier molecular flexibility index (Phi) is 2.69. The van der Waals surface area contributed by atoms with Crippen LogP contribution >= 0.6 is 22.3 Å². The molecule has 1 aromatic carbocycles. The van der Waals surface area contributed by atoms with Crippen molar-refractivity contribution in [3.8, 4) is 0 Å². The van der Waals surface area contributed by atoms with E-state index >= 15 is 0 Å². The molecule has 1 aromatic rings. The lowest BCUT2D eigenvalue weighted by atomic mass is 9.86. The monoisotopic (exact) mass is 293 g/mol. The third-order valence-electron chi connectivity index (χ3n) is 2.82. The molecule has 0 radical (unpaired) electrons. The van der Waals surface area contributed by atoms with Crippen molar-refractivity contribution in [1.29, 1.82) is 0 Å². The van der Waals surface area contributed by atoms with Crippen molar-refractivity contribution in [1.82, 2.24) is 0 Å². The maximum absolute atomic E-state index is 11.7. The van der Waals surface area contributed by atoms with Gasteiger partial charge in [0, 0.05) is 16.4 Å². The van der Waals surface area contributed by atoms with Gasteiger partial charge in [0.05, 0.1) is 10.4 Å². The van der Waals surface area contributed by atoms with Crippen molar-refractivity contribution in [2.45, 2.75) is 24.2 Å². The lowest BCUT2D eigenvalue weighted by Crippen LogP contribution is -2.26. The van der Waals surface area contributed by atoms with E-state index in [0.29, 0.717) is 11.3 Å². The van der Waals surface area contributed by atoms with Gasteiger partial charge in [-0.05, 0) is 31.5 Å². The van der Waals surface area contributed by atoms with E-state index in [4.69, 9.17) is 22.3 Å². The molecule has 1 heterocycles. The zero-order valence-electron chi connectivity index (χ0n) is 9.04. The standard InChI is InChI=1S/C10H9Cl2NO3S/c1-10(2)5-3-8(17(12,15)16)6(11)4-7(5)13-9(10)14/h3-4H,1-2H3,(H,13,14). The summed E-state index contributed by atoms with van der Waals surface area (Å²) in [7, 11) is 1.36. The number of benzene rings is 1. The van der Waals surface area contributed by atoms with Crippen molar-refractivity contribution >= 4 is 42.9 Å². The Balaban J connectivity index is 2.75. The summed E-state index contributed by atoms with van der Waals surface area (Å²) in [6.45, 7) is 3.40. The summed E-state index contributed by atoms with van der Waals surface area (Å²) in [4.78, 5) is 11.5. The molecule has 0 atom stereocenters. The number of carbonyl (C=O) groups excluding carboxylic acids is 1. The van der Waals surface area contributed by atoms with Crippen molar-refractivity contribution in [2.75, 3.05) is 5.32 Å². The molecule has 1 aliphatic rings. The quantitative estimate of drug-likeness (QED) is 0.809. The Hall–Kier alpha value is -0.780. The molecular weight excluding hydrogens is 285 g/mol. The van der Waals surface area contributed by atoms with Gasteiger partial charge in [0.2, 0.25) is 5.91 Å². The first-order valence-electron chi connectivity index (χ1n) is 4.74. The normalized spacial score (nSPS) is 17.8. The van der Waals surface area contributed by atoms with Crippen LogP contribution in [0.4, 0.5) is 5.69 Å². The van der Waals surface area contributed by atoms with E-state index in [9.17, 15) is 13.2 Å². The minimum absolute atomic E-state index is 0.00301. The topological polar surface area (TPSA) is 63.2 Å². The molecule has 1 amide bonds. The molecule has 17 heavy (non-hydrogen) atoms. The number of rotatable bonds is 1. The minimum atomic E-state index is -3.92. The van der Waals surface area contributed by atoms with Crippen LogP contribution in [0.15, 0.2) is 17.0 Å². The van der Waals surface area contributed by atoms with Gasteiger partial charge in [0.1, 0.15) is 4.90 Å². The summed E-state index contributed by atoms with van der Waals surface area (Å²) >= 11 is 5.82. The van der Waals surface area contributed by atoms with E-state index in [0.717, 1.165) is 0 Å². The second kappa shape index (κ2) is 3.60. The first-order valence-corrected chi connectivity index (χ1v) is 7.43. The van der Waals surface area contributed by atoms with Gasteiger partial charge in [0.15, 0.2) is 0 Å².